The molecule has 1 aliphatic rings. The van der Waals surface area contributed by atoms with Crippen LogP contribution in [0.2, 0.25) is 0 Å². The summed E-state index contributed by atoms with van der Waals surface area (Å²) in [6, 6.07) is 13.1. The molecular weight excluding hydrogens is 390 g/mol. The van der Waals surface area contributed by atoms with Crippen LogP contribution in [0.1, 0.15) is 33.5 Å². The summed E-state index contributed by atoms with van der Waals surface area (Å²) in [6.45, 7) is 1.68. The van der Waals surface area contributed by atoms with Gasteiger partial charge < -0.3 is 8.94 Å². The molecule has 9 nitrogen and oxygen atoms in total. The number of aryl methyl sites for hydroxylation is 1. The highest BCUT2D eigenvalue weighted by atomic mass is 16.6. The molecular formula is C21H13N3O6. The number of carbonyl (C=O) groups is 1. The van der Waals surface area contributed by atoms with Crippen LogP contribution in [-0.2, 0) is 0 Å². The Balaban J connectivity index is 1.78. The quantitative estimate of drug-likeness (QED) is 0.377. The maximum atomic E-state index is 13.3. The van der Waals surface area contributed by atoms with E-state index in [2.05, 4.69) is 5.16 Å². The van der Waals surface area contributed by atoms with Gasteiger partial charge in [-0.05, 0) is 36.8 Å². The number of nitrogens with zero attached hydrogens (tertiary/aromatic N) is 3. The number of hydrogen-bond acceptors (Lipinski definition) is 7. The summed E-state index contributed by atoms with van der Waals surface area (Å²) < 4.78 is 10.9. The highest BCUT2D eigenvalue weighted by molar-refractivity contribution is 6.10. The Labute approximate surface area is 168 Å². The smallest absolute Gasteiger partial charge is 0.296 e. The summed E-state index contributed by atoms with van der Waals surface area (Å²) in [4.78, 5) is 38.4. The van der Waals surface area contributed by atoms with Gasteiger partial charge in [0.1, 0.15) is 11.3 Å². The van der Waals surface area contributed by atoms with E-state index >= 15 is 0 Å². The van der Waals surface area contributed by atoms with E-state index in [0.29, 0.717) is 22.3 Å². The first-order valence-electron chi connectivity index (χ1n) is 9.02. The van der Waals surface area contributed by atoms with Crippen LogP contribution in [0.3, 0.4) is 0 Å². The van der Waals surface area contributed by atoms with Gasteiger partial charge in [-0.2, -0.15) is 0 Å². The monoisotopic (exact) mass is 403 g/mol. The van der Waals surface area contributed by atoms with Gasteiger partial charge in [0.2, 0.25) is 5.76 Å². The van der Waals surface area contributed by atoms with E-state index in [1.807, 2.05) is 0 Å². The highest BCUT2D eigenvalue weighted by Gasteiger charge is 2.44. The second-order valence-corrected chi connectivity index (χ2v) is 6.89. The molecule has 3 heterocycles. The van der Waals surface area contributed by atoms with Crippen molar-refractivity contribution in [1.29, 1.82) is 0 Å². The van der Waals surface area contributed by atoms with Gasteiger partial charge in [0.05, 0.1) is 21.9 Å². The van der Waals surface area contributed by atoms with Gasteiger partial charge in [0.25, 0.3) is 11.6 Å². The van der Waals surface area contributed by atoms with E-state index in [1.165, 1.54) is 29.2 Å². The molecule has 1 amide bonds. The molecule has 5 rings (SSSR count). The summed E-state index contributed by atoms with van der Waals surface area (Å²) in [5.41, 5.74) is 0.531. The van der Waals surface area contributed by atoms with Crippen molar-refractivity contribution in [3.8, 4) is 0 Å². The number of para-hydroxylation sites is 1. The SMILES string of the molecule is Cc1cc(N2C(=O)c3oc4ccccc4c(=O)c3[C@@H]2c2ccc([N+](=O)[O-])cc2)no1. The Morgan fingerprint density at radius 3 is 2.50 bits per heavy atom. The molecule has 0 unspecified atom stereocenters. The molecule has 1 atom stereocenters. The number of amides is 1. The average molecular weight is 403 g/mol. The second kappa shape index (κ2) is 6.38. The molecule has 0 spiro atoms. The number of rotatable bonds is 3. The first-order valence-corrected chi connectivity index (χ1v) is 9.02. The van der Waals surface area contributed by atoms with Crippen molar-refractivity contribution in [2.45, 2.75) is 13.0 Å². The summed E-state index contributed by atoms with van der Waals surface area (Å²) in [7, 11) is 0. The molecule has 9 heteroatoms. The molecule has 0 radical (unpaired) electrons. The fourth-order valence-corrected chi connectivity index (χ4v) is 3.72. The van der Waals surface area contributed by atoms with Crippen LogP contribution in [0, 0.1) is 17.0 Å². The third-order valence-electron chi connectivity index (χ3n) is 5.06. The van der Waals surface area contributed by atoms with Gasteiger partial charge in [-0.15, -0.1) is 0 Å². The minimum atomic E-state index is -0.862. The summed E-state index contributed by atoms with van der Waals surface area (Å²) in [6.07, 6.45) is 0. The predicted molar refractivity (Wildman–Crippen MR) is 105 cm³/mol. The number of fused-ring (bicyclic) bond motifs is 2. The number of anilines is 1. The Morgan fingerprint density at radius 2 is 1.83 bits per heavy atom. The zero-order chi connectivity index (χ0) is 21.0. The second-order valence-electron chi connectivity index (χ2n) is 6.89. The van der Waals surface area contributed by atoms with Crippen LogP contribution < -0.4 is 10.3 Å². The van der Waals surface area contributed by atoms with Crippen molar-refractivity contribution in [3.05, 3.63) is 97.6 Å². The summed E-state index contributed by atoms with van der Waals surface area (Å²) in [5, 5.41) is 15.3. The topological polar surface area (TPSA) is 120 Å². The summed E-state index contributed by atoms with van der Waals surface area (Å²) in [5.74, 6) is 0.0866. The van der Waals surface area contributed by atoms with Crippen molar-refractivity contribution in [2.75, 3.05) is 4.90 Å². The maximum Gasteiger partial charge on any atom is 0.296 e. The Morgan fingerprint density at radius 1 is 1.10 bits per heavy atom. The minimum absolute atomic E-state index is 0.0808. The molecule has 0 N–H and O–H groups in total. The van der Waals surface area contributed by atoms with E-state index in [4.69, 9.17) is 8.94 Å². The van der Waals surface area contributed by atoms with Gasteiger partial charge in [0.15, 0.2) is 11.2 Å². The van der Waals surface area contributed by atoms with Gasteiger partial charge in [-0.1, -0.05) is 17.3 Å². The first kappa shape index (κ1) is 17.8. The van der Waals surface area contributed by atoms with E-state index in [1.54, 1.807) is 37.3 Å². The minimum Gasteiger partial charge on any atom is -0.450 e. The molecule has 0 aliphatic carbocycles. The normalized spacial score (nSPS) is 15.6. The van der Waals surface area contributed by atoms with Gasteiger partial charge in [0, 0.05) is 18.2 Å². The molecule has 4 aromatic rings. The fraction of sp³-hybridized carbons (Fsp3) is 0.0952. The molecule has 0 saturated carbocycles. The molecule has 0 fully saturated rings. The lowest BCUT2D eigenvalue weighted by molar-refractivity contribution is -0.384. The number of non-ortho nitro benzene ring substituents is 1. The van der Waals surface area contributed by atoms with Gasteiger partial charge in [-0.3, -0.25) is 24.6 Å². The van der Waals surface area contributed by atoms with Crippen molar-refractivity contribution >= 4 is 28.4 Å². The first-order chi connectivity index (χ1) is 14.5. The molecule has 0 bridgehead atoms. The van der Waals surface area contributed by atoms with E-state index in [9.17, 15) is 19.7 Å². The third kappa shape index (κ3) is 2.52. The number of benzene rings is 2. The van der Waals surface area contributed by atoms with Crippen LogP contribution in [0.5, 0.6) is 0 Å². The lowest BCUT2D eigenvalue weighted by Crippen LogP contribution is -2.29. The lowest BCUT2D eigenvalue weighted by atomic mass is 9.98. The Kier molecular flexibility index (Phi) is 3.78. The van der Waals surface area contributed by atoms with Crippen LogP contribution in [0.15, 0.2) is 68.3 Å². The Hall–Kier alpha value is -4.27. The zero-order valence-electron chi connectivity index (χ0n) is 15.6. The van der Waals surface area contributed by atoms with E-state index in [0.717, 1.165) is 0 Å². The number of hydrogen-bond donors (Lipinski definition) is 0. The number of carbonyl (C=O) groups excluding carboxylic acids is 1. The summed E-state index contributed by atoms with van der Waals surface area (Å²) >= 11 is 0. The van der Waals surface area contributed by atoms with Crippen molar-refractivity contribution in [3.63, 3.8) is 0 Å². The molecule has 1 aliphatic heterocycles. The van der Waals surface area contributed by atoms with Crippen molar-refractivity contribution in [1.82, 2.24) is 5.16 Å². The van der Waals surface area contributed by atoms with Crippen molar-refractivity contribution < 1.29 is 18.7 Å². The van der Waals surface area contributed by atoms with Crippen molar-refractivity contribution in [2.24, 2.45) is 0 Å². The van der Waals surface area contributed by atoms with Crippen LogP contribution in [-0.4, -0.2) is 16.0 Å². The highest BCUT2D eigenvalue weighted by Crippen LogP contribution is 2.41. The van der Waals surface area contributed by atoms with Crippen LogP contribution in [0.25, 0.3) is 11.0 Å². The number of nitro benzene ring substituents is 1. The lowest BCUT2D eigenvalue weighted by Gasteiger charge is -2.22. The molecule has 148 valence electrons. The third-order valence-corrected chi connectivity index (χ3v) is 5.06. The van der Waals surface area contributed by atoms with Crippen LogP contribution in [0.4, 0.5) is 11.5 Å². The largest absolute Gasteiger partial charge is 0.450 e. The van der Waals surface area contributed by atoms with Crippen LogP contribution >= 0.6 is 0 Å². The average Bonchev–Trinajstić information content (AvgIpc) is 3.29. The van der Waals surface area contributed by atoms with Gasteiger partial charge in [-0.25, -0.2) is 0 Å². The standard InChI is InChI=1S/C21H13N3O6/c1-11-10-16(22-30-11)23-18(12-6-8-13(9-7-12)24(27)28)17-19(25)14-4-2-3-5-15(14)29-20(17)21(23)26/h2-10,18H,1H3/t18-/m0/s1. The molecule has 2 aromatic heterocycles. The fourth-order valence-electron chi connectivity index (χ4n) is 3.72. The number of nitro groups is 1. The maximum absolute atomic E-state index is 13.3. The zero-order valence-corrected chi connectivity index (χ0v) is 15.6. The molecule has 2 aromatic carbocycles. The van der Waals surface area contributed by atoms with Gasteiger partial charge >= 0.3 is 0 Å². The molecule has 0 saturated heterocycles. The molecule has 30 heavy (non-hydrogen) atoms. The predicted octanol–water partition coefficient (Wildman–Crippen LogP) is 3.75. The van der Waals surface area contributed by atoms with E-state index < -0.39 is 16.9 Å². The Bertz CT molecular complexity index is 1390. The van der Waals surface area contributed by atoms with E-state index in [-0.39, 0.29) is 28.3 Å². The number of aromatic nitrogens is 1.